The van der Waals surface area contributed by atoms with Crippen LogP contribution in [-0.4, -0.2) is 15.9 Å². The minimum absolute atomic E-state index is 0. The van der Waals surface area contributed by atoms with Gasteiger partial charge in [0, 0.05) is 55.0 Å². The van der Waals surface area contributed by atoms with Crippen LogP contribution in [0.2, 0.25) is 0 Å². The predicted octanol–water partition coefficient (Wildman–Crippen LogP) is 12.4. The second-order valence-corrected chi connectivity index (χ2v) is 13.6. The van der Waals surface area contributed by atoms with E-state index in [1.54, 1.807) is 0 Å². The molecule has 0 spiro atoms. The average molecular weight is 831 g/mol. The summed E-state index contributed by atoms with van der Waals surface area (Å²) in [6, 6.07) is 33.1. The Labute approximate surface area is 305 Å². The van der Waals surface area contributed by atoms with Gasteiger partial charge in [-0.2, -0.15) is 0 Å². The van der Waals surface area contributed by atoms with E-state index < -0.39 is 0 Å². The summed E-state index contributed by atoms with van der Waals surface area (Å²) in [5.74, 6) is 0.547. The fourth-order valence-electron chi connectivity index (χ4n) is 6.41. The normalized spacial score (nSPS) is 12.0. The number of carbonyl (C=O) groups excluding carboxylic acids is 1. The molecule has 0 amide bonds. The van der Waals surface area contributed by atoms with Crippen molar-refractivity contribution in [2.75, 3.05) is 0 Å². The van der Waals surface area contributed by atoms with Crippen LogP contribution in [-0.2, 0) is 30.3 Å². The van der Waals surface area contributed by atoms with E-state index in [1.165, 1.54) is 33.4 Å². The molecular weight excluding hydrogens is 783 g/mol. The molecular formula is C44H48IrNO3-. The number of nitrogens with zero attached hydrogens (tertiary/aromatic N) is 1. The van der Waals surface area contributed by atoms with E-state index >= 15 is 0 Å². The molecule has 4 nitrogen and oxygen atoms in total. The van der Waals surface area contributed by atoms with E-state index in [9.17, 15) is 9.90 Å². The third-order valence-corrected chi connectivity index (χ3v) is 9.51. The molecule has 0 bridgehead atoms. The van der Waals surface area contributed by atoms with Crippen molar-refractivity contribution in [3.63, 3.8) is 0 Å². The molecule has 6 aromatic rings. The van der Waals surface area contributed by atoms with Gasteiger partial charge < -0.3 is 14.5 Å². The maximum absolute atomic E-state index is 11.7. The first-order chi connectivity index (χ1) is 23.1. The van der Waals surface area contributed by atoms with Gasteiger partial charge in [0.15, 0.2) is 5.78 Å². The number of aliphatic hydroxyl groups excluding tert-OH is 1. The van der Waals surface area contributed by atoms with Gasteiger partial charge in [0.05, 0.1) is 5.76 Å². The molecule has 0 aliphatic carbocycles. The molecule has 6 rings (SSSR count). The van der Waals surface area contributed by atoms with Gasteiger partial charge in [-0.1, -0.05) is 108 Å². The Bertz CT molecular complexity index is 2040. The number of furan rings is 1. The van der Waals surface area contributed by atoms with E-state index in [4.69, 9.17) is 4.42 Å². The maximum atomic E-state index is 11.7. The first-order valence-corrected chi connectivity index (χ1v) is 17.4. The van der Waals surface area contributed by atoms with Crippen LogP contribution in [0.15, 0.2) is 107 Å². The molecule has 1 N–H and O–H groups in total. The van der Waals surface area contributed by atoms with Crippen LogP contribution < -0.4 is 0 Å². The Hall–Kier alpha value is -4.05. The van der Waals surface area contributed by atoms with Crippen molar-refractivity contribution in [2.45, 2.75) is 79.6 Å². The SMILES string of the molecule is CC(C)(C)c1ccnc(-c2[c-]cc(-c3cccc4c3ccc3oc5ccccc5c34)cc2)c1.CCC(CC)C(=O)/C=C(\O)C(CC)CC.[Ir]. The van der Waals surface area contributed by atoms with E-state index in [0.29, 0.717) is 0 Å². The molecule has 0 aliphatic heterocycles. The van der Waals surface area contributed by atoms with Gasteiger partial charge in [0.1, 0.15) is 11.2 Å². The predicted molar refractivity (Wildman–Crippen MR) is 201 cm³/mol. The van der Waals surface area contributed by atoms with Crippen LogP contribution in [0.5, 0.6) is 0 Å². The van der Waals surface area contributed by atoms with Crippen molar-refractivity contribution >= 4 is 38.5 Å². The number of para-hydroxylation sites is 1. The summed E-state index contributed by atoms with van der Waals surface area (Å²) in [7, 11) is 0. The zero-order chi connectivity index (χ0) is 34.4. The van der Waals surface area contributed by atoms with Crippen molar-refractivity contribution in [2.24, 2.45) is 11.8 Å². The minimum Gasteiger partial charge on any atom is -0.512 e. The van der Waals surface area contributed by atoms with Gasteiger partial charge in [0.25, 0.3) is 0 Å². The minimum atomic E-state index is 0. The van der Waals surface area contributed by atoms with Gasteiger partial charge in [0.2, 0.25) is 0 Å². The molecule has 4 aromatic carbocycles. The molecule has 0 fully saturated rings. The molecule has 257 valence electrons. The number of aliphatic hydroxyl groups is 1. The average Bonchev–Trinajstić information content (AvgIpc) is 3.48. The molecule has 0 atom stereocenters. The Kier molecular flexibility index (Phi) is 12.8. The number of hydrogen-bond acceptors (Lipinski definition) is 4. The van der Waals surface area contributed by atoms with Gasteiger partial charge in [-0.15, -0.1) is 29.8 Å². The summed E-state index contributed by atoms with van der Waals surface area (Å²) < 4.78 is 6.09. The third kappa shape index (κ3) is 8.40. The smallest absolute Gasteiger partial charge is 0.162 e. The zero-order valence-corrected chi connectivity index (χ0v) is 32.2. The van der Waals surface area contributed by atoms with Gasteiger partial charge >= 0.3 is 0 Å². The number of fused-ring (bicyclic) bond motifs is 5. The summed E-state index contributed by atoms with van der Waals surface area (Å²) >= 11 is 0. The first kappa shape index (κ1) is 37.8. The standard InChI is InChI=1S/C31H24NO.C13H24O2.Ir/c1-31(2,3)22-17-18-32-27(19-22)21-13-11-20(12-14-21)23-8-6-9-25-24(23)15-16-29-30(25)26-7-4-5-10-28(26)33-29;1-5-10(6-2)12(14)9-13(15)11(7-3)8-4;/h4-13,15-19H,1-3H3;9-11,14H,5-8H2,1-4H3;/q-1;;/b;12-9-;. The Morgan fingerprint density at radius 3 is 2.16 bits per heavy atom. The fourth-order valence-corrected chi connectivity index (χ4v) is 6.41. The van der Waals surface area contributed by atoms with Crippen LogP contribution in [0.4, 0.5) is 0 Å². The van der Waals surface area contributed by atoms with Gasteiger partial charge in [-0.3, -0.25) is 4.79 Å². The largest absolute Gasteiger partial charge is 0.512 e. The topological polar surface area (TPSA) is 63.3 Å². The molecule has 0 saturated carbocycles. The summed E-state index contributed by atoms with van der Waals surface area (Å²) in [5.41, 5.74) is 7.51. The Balaban J connectivity index is 0.000000290. The fraction of sp³-hybridized carbons (Fsp3) is 0.318. The van der Waals surface area contributed by atoms with E-state index in [2.05, 4.69) is 105 Å². The summed E-state index contributed by atoms with van der Waals surface area (Å²) in [5, 5.41) is 14.5. The molecule has 0 aliphatic rings. The Morgan fingerprint density at radius 1 is 0.816 bits per heavy atom. The third-order valence-electron chi connectivity index (χ3n) is 9.51. The molecule has 0 unspecified atom stereocenters. The number of ketones is 1. The second-order valence-electron chi connectivity index (χ2n) is 13.6. The number of hydrogen-bond donors (Lipinski definition) is 1. The van der Waals surface area contributed by atoms with E-state index in [0.717, 1.165) is 59.1 Å². The molecule has 0 saturated heterocycles. The van der Waals surface area contributed by atoms with Crippen LogP contribution in [0.25, 0.3) is 55.1 Å². The zero-order valence-electron chi connectivity index (χ0n) is 29.8. The first-order valence-electron chi connectivity index (χ1n) is 17.4. The molecule has 49 heavy (non-hydrogen) atoms. The molecule has 2 heterocycles. The summed E-state index contributed by atoms with van der Waals surface area (Å²) in [6.07, 6.45) is 6.80. The van der Waals surface area contributed by atoms with Crippen molar-refractivity contribution in [3.05, 3.63) is 115 Å². The maximum Gasteiger partial charge on any atom is 0.162 e. The number of benzene rings is 4. The van der Waals surface area contributed by atoms with Crippen LogP contribution in [0.3, 0.4) is 0 Å². The van der Waals surface area contributed by atoms with Crippen LogP contribution in [0, 0.1) is 17.9 Å². The van der Waals surface area contributed by atoms with Crippen LogP contribution in [0.1, 0.15) is 79.7 Å². The summed E-state index contributed by atoms with van der Waals surface area (Å²) in [4.78, 5) is 16.3. The molecule has 1 radical (unpaired) electrons. The van der Waals surface area contributed by atoms with Crippen molar-refractivity contribution in [1.29, 1.82) is 0 Å². The number of rotatable bonds is 9. The number of pyridine rings is 1. The van der Waals surface area contributed by atoms with Crippen LogP contribution >= 0.6 is 0 Å². The van der Waals surface area contributed by atoms with E-state index in [-0.39, 0.29) is 48.9 Å². The molecule has 5 heteroatoms. The number of allylic oxidation sites excluding steroid dienone is 2. The molecule has 2 aromatic heterocycles. The van der Waals surface area contributed by atoms with Crippen molar-refractivity contribution in [3.8, 4) is 22.4 Å². The Morgan fingerprint density at radius 2 is 1.51 bits per heavy atom. The van der Waals surface area contributed by atoms with Gasteiger partial charge in [-0.05, 0) is 71.3 Å². The summed E-state index contributed by atoms with van der Waals surface area (Å²) in [6.45, 7) is 14.7. The quantitative estimate of drug-likeness (QED) is 0.0895. The monoisotopic (exact) mass is 831 g/mol. The number of aromatic nitrogens is 1. The van der Waals surface area contributed by atoms with Gasteiger partial charge in [-0.25, -0.2) is 0 Å². The van der Waals surface area contributed by atoms with Crippen molar-refractivity contribution in [1.82, 2.24) is 4.98 Å². The second kappa shape index (κ2) is 16.6. The van der Waals surface area contributed by atoms with Crippen molar-refractivity contribution < 1.29 is 34.4 Å². The number of carbonyl (C=O) groups is 1. The van der Waals surface area contributed by atoms with E-state index in [1.807, 2.05) is 46.0 Å².